The Morgan fingerprint density at radius 2 is 1.58 bits per heavy atom. The molecule has 0 amide bonds. The smallest absolute Gasteiger partial charge is 0.147 e. The molecular formula is C10H22ClZn. The van der Waals surface area contributed by atoms with E-state index in [1.807, 2.05) is 0 Å². The van der Waals surface area contributed by atoms with E-state index in [1.165, 1.54) is 49.0 Å². The zero-order valence-corrected chi connectivity index (χ0v) is 12.6. The van der Waals surface area contributed by atoms with Crippen molar-refractivity contribution >= 4 is 12.4 Å². The van der Waals surface area contributed by atoms with Gasteiger partial charge in [0.25, 0.3) is 0 Å². The molecule has 1 atom stereocenters. The van der Waals surface area contributed by atoms with Gasteiger partial charge in [0.1, 0.15) is 0 Å². The van der Waals surface area contributed by atoms with Crippen molar-refractivity contribution in [2.75, 3.05) is 0 Å². The zero-order valence-electron chi connectivity index (χ0n) is 8.81. The molecule has 0 aromatic rings. The summed E-state index contributed by atoms with van der Waals surface area (Å²) < 4.78 is 0. The van der Waals surface area contributed by atoms with Crippen LogP contribution in [0.5, 0.6) is 0 Å². The molecule has 1 unspecified atom stereocenters. The molecule has 71 valence electrons. The minimum atomic E-state index is 0. The van der Waals surface area contributed by atoms with E-state index in [2.05, 4.69) is 20.8 Å². The van der Waals surface area contributed by atoms with Crippen LogP contribution in [-0.4, -0.2) is 0 Å². The number of hydrogen-bond acceptors (Lipinski definition) is 0. The average molecular weight is 243 g/mol. The first-order valence-electron chi connectivity index (χ1n) is 4.96. The molecule has 0 rings (SSSR count). The minimum Gasteiger partial charge on any atom is -0.147 e. The standard InChI is InChI=1S/C10H21.ClH.Zn/c1-5-10(4)8-6-7-9(2)3;;/h9-10H,1,5-8H2,2-4H3;1H;. The molecule has 0 spiro atoms. The third-order valence-electron chi connectivity index (χ3n) is 2.18. The van der Waals surface area contributed by atoms with Gasteiger partial charge in [-0.3, -0.25) is 0 Å². The topological polar surface area (TPSA) is 0 Å². The van der Waals surface area contributed by atoms with Crippen LogP contribution in [-0.2, 0) is 18.3 Å². The Hall–Kier alpha value is 0.913. The van der Waals surface area contributed by atoms with Crippen LogP contribution in [0.15, 0.2) is 0 Å². The van der Waals surface area contributed by atoms with Crippen molar-refractivity contribution in [1.82, 2.24) is 0 Å². The summed E-state index contributed by atoms with van der Waals surface area (Å²) in [6.45, 7) is 7.03. The predicted molar refractivity (Wildman–Crippen MR) is 54.5 cm³/mol. The van der Waals surface area contributed by atoms with Gasteiger partial charge in [-0.05, 0) is 0 Å². The van der Waals surface area contributed by atoms with Crippen LogP contribution >= 0.6 is 12.4 Å². The SMILES string of the molecule is CC(C)CCCC(C)C[CH2][Zn].Cl. The van der Waals surface area contributed by atoms with Gasteiger partial charge < -0.3 is 0 Å². The second-order valence-corrected chi connectivity index (χ2v) is 5.56. The van der Waals surface area contributed by atoms with E-state index in [9.17, 15) is 0 Å². The molecule has 0 N–H and O–H groups in total. The van der Waals surface area contributed by atoms with Crippen LogP contribution in [0.2, 0.25) is 5.02 Å². The van der Waals surface area contributed by atoms with Crippen molar-refractivity contribution < 1.29 is 18.3 Å². The van der Waals surface area contributed by atoms with Crippen LogP contribution in [0.25, 0.3) is 0 Å². The Kier molecular flexibility index (Phi) is 12.8. The Morgan fingerprint density at radius 3 is 2.00 bits per heavy atom. The summed E-state index contributed by atoms with van der Waals surface area (Å²) in [5.41, 5.74) is 0. The Bertz CT molecular complexity index is 83.9. The molecule has 0 fully saturated rings. The van der Waals surface area contributed by atoms with Gasteiger partial charge in [-0.2, -0.15) is 0 Å². The number of halogens is 1. The van der Waals surface area contributed by atoms with E-state index in [0.29, 0.717) is 0 Å². The monoisotopic (exact) mass is 241 g/mol. The van der Waals surface area contributed by atoms with Crippen molar-refractivity contribution in [3.8, 4) is 0 Å². The largest absolute Gasteiger partial charge is 0.147 e. The fourth-order valence-corrected chi connectivity index (χ4v) is 2.83. The fraction of sp³-hybridized carbons (Fsp3) is 1.00. The fourth-order valence-electron chi connectivity index (χ4n) is 1.37. The van der Waals surface area contributed by atoms with E-state index >= 15 is 0 Å². The quantitative estimate of drug-likeness (QED) is 0.612. The Balaban J connectivity index is 0. The summed E-state index contributed by atoms with van der Waals surface area (Å²) in [6.07, 6.45) is 5.79. The first-order chi connectivity index (χ1) is 5.16. The molecule has 2 heteroatoms. The summed E-state index contributed by atoms with van der Waals surface area (Å²) in [5, 5.41) is 1.48. The predicted octanol–water partition coefficient (Wildman–Crippen LogP) is 4.23. The van der Waals surface area contributed by atoms with Crippen LogP contribution in [0.3, 0.4) is 0 Å². The Labute approximate surface area is 94.0 Å². The average Bonchev–Trinajstić information content (AvgIpc) is 1.87. The van der Waals surface area contributed by atoms with Gasteiger partial charge in [0, 0.05) is 0 Å². The van der Waals surface area contributed by atoms with Gasteiger partial charge in [-0.25, -0.2) is 0 Å². The van der Waals surface area contributed by atoms with Gasteiger partial charge in [-0.15, -0.1) is 12.4 Å². The summed E-state index contributed by atoms with van der Waals surface area (Å²) in [6, 6.07) is 0. The molecule has 0 aromatic carbocycles. The molecule has 0 aromatic heterocycles. The van der Waals surface area contributed by atoms with Crippen molar-refractivity contribution in [3.63, 3.8) is 0 Å². The second-order valence-electron chi connectivity index (χ2n) is 4.07. The molecule has 0 aliphatic carbocycles. The summed E-state index contributed by atoms with van der Waals surface area (Å²) in [5.74, 6) is 1.89. The first-order valence-corrected chi connectivity index (χ1v) is 7.05. The molecular weight excluding hydrogens is 221 g/mol. The number of rotatable bonds is 6. The van der Waals surface area contributed by atoms with Gasteiger partial charge in [0.2, 0.25) is 0 Å². The van der Waals surface area contributed by atoms with Gasteiger partial charge in [0.15, 0.2) is 0 Å². The molecule has 0 aliphatic heterocycles. The first kappa shape index (κ1) is 15.4. The molecule has 0 saturated carbocycles. The maximum Gasteiger partial charge on any atom is -0.147 e. The third-order valence-corrected chi connectivity index (χ3v) is 3.03. The number of hydrogen-bond donors (Lipinski definition) is 0. The van der Waals surface area contributed by atoms with Crippen LogP contribution in [0, 0.1) is 11.8 Å². The maximum absolute atomic E-state index is 2.40. The molecule has 0 heterocycles. The third kappa shape index (κ3) is 10.9. The molecule has 12 heavy (non-hydrogen) atoms. The van der Waals surface area contributed by atoms with Gasteiger partial charge in [0.05, 0.1) is 0 Å². The van der Waals surface area contributed by atoms with E-state index in [4.69, 9.17) is 0 Å². The minimum absolute atomic E-state index is 0. The van der Waals surface area contributed by atoms with E-state index in [0.717, 1.165) is 11.8 Å². The summed E-state index contributed by atoms with van der Waals surface area (Å²) in [4.78, 5) is 0. The van der Waals surface area contributed by atoms with Crippen LogP contribution < -0.4 is 0 Å². The van der Waals surface area contributed by atoms with Crippen molar-refractivity contribution in [2.24, 2.45) is 11.8 Å². The molecule has 0 nitrogen and oxygen atoms in total. The zero-order chi connectivity index (χ0) is 8.69. The molecule has 0 bridgehead atoms. The molecule has 0 saturated heterocycles. The molecule has 0 aliphatic rings. The van der Waals surface area contributed by atoms with Crippen molar-refractivity contribution in [3.05, 3.63) is 0 Å². The summed E-state index contributed by atoms with van der Waals surface area (Å²) in [7, 11) is 0. The summed E-state index contributed by atoms with van der Waals surface area (Å²) >= 11 is 1.48. The van der Waals surface area contributed by atoms with Crippen LogP contribution in [0.4, 0.5) is 0 Å². The normalized spacial score (nSPS) is 12.8. The van der Waals surface area contributed by atoms with Gasteiger partial charge in [-0.1, -0.05) is 0 Å². The van der Waals surface area contributed by atoms with Crippen molar-refractivity contribution in [1.29, 1.82) is 0 Å². The van der Waals surface area contributed by atoms with E-state index < -0.39 is 0 Å². The molecule has 0 radical (unpaired) electrons. The van der Waals surface area contributed by atoms with E-state index in [-0.39, 0.29) is 12.4 Å². The Morgan fingerprint density at radius 1 is 1.00 bits per heavy atom. The maximum atomic E-state index is 2.40. The second kappa shape index (κ2) is 10.00. The van der Waals surface area contributed by atoms with E-state index in [1.54, 1.807) is 0 Å². The van der Waals surface area contributed by atoms with Gasteiger partial charge >= 0.3 is 81.6 Å². The van der Waals surface area contributed by atoms with Crippen molar-refractivity contribution in [2.45, 2.75) is 51.5 Å². The van der Waals surface area contributed by atoms with Crippen LogP contribution in [0.1, 0.15) is 46.5 Å².